The number of imidazole rings is 1. The molecule has 2 rings (SSSR count). The lowest BCUT2D eigenvalue weighted by atomic mass is 9.90. The van der Waals surface area contributed by atoms with Crippen molar-refractivity contribution < 1.29 is 4.84 Å². The van der Waals surface area contributed by atoms with Crippen LogP contribution in [-0.4, -0.2) is 16.3 Å². The van der Waals surface area contributed by atoms with Crippen molar-refractivity contribution in [1.29, 1.82) is 0 Å². The van der Waals surface area contributed by atoms with E-state index in [1.807, 2.05) is 13.1 Å². The lowest BCUT2D eigenvalue weighted by molar-refractivity contribution is 0.0643. The molecule has 0 bridgehead atoms. The summed E-state index contributed by atoms with van der Waals surface area (Å²) in [6.07, 6.45) is 10.4. The Hall–Kier alpha value is -0.990. The van der Waals surface area contributed by atoms with Gasteiger partial charge in [0.2, 0.25) is 0 Å². The highest BCUT2D eigenvalue weighted by atomic mass is 16.7. The third-order valence-corrected chi connectivity index (χ3v) is 2.96. The molecule has 0 N–H and O–H groups in total. The van der Waals surface area contributed by atoms with Crippen LogP contribution in [0.5, 0.6) is 0 Å². The second-order valence-corrected chi connectivity index (χ2v) is 4.10. The van der Waals surface area contributed by atoms with E-state index in [0.29, 0.717) is 0 Å². The topological polar surface area (TPSA) is 27.1 Å². The summed E-state index contributed by atoms with van der Waals surface area (Å²) in [6, 6.07) is 0. The molecule has 0 spiro atoms. The summed E-state index contributed by atoms with van der Waals surface area (Å²) >= 11 is 0. The molecule has 1 aromatic heterocycles. The van der Waals surface area contributed by atoms with E-state index in [-0.39, 0.29) is 0 Å². The summed E-state index contributed by atoms with van der Waals surface area (Å²) in [5.74, 6) is 1.69. The first-order valence-corrected chi connectivity index (χ1v) is 5.49. The fourth-order valence-corrected chi connectivity index (χ4v) is 2.04. The van der Waals surface area contributed by atoms with E-state index < -0.39 is 0 Å². The average molecular weight is 194 g/mol. The lowest BCUT2D eigenvalue weighted by Gasteiger charge is -2.21. The highest BCUT2D eigenvalue weighted by Gasteiger charge is 2.14. The third-order valence-electron chi connectivity index (χ3n) is 2.96. The predicted molar refractivity (Wildman–Crippen MR) is 55.0 cm³/mol. The van der Waals surface area contributed by atoms with Gasteiger partial charge in [-0.3, -0.25) is 0 Å². The van der Waals surface area contributed by atoms with Crippen molar-refractivity contribution in [2.24, 2.45) is 5.92 Å². The Morgan fingerprint density at radius 1 is 1.43 bits per heavy atom. The monoisotopic (exact) mass is 194 g/mol. The van der Waals surface area contributed by atoms with Crippen LogP contribution in [0.2, 0.25) is 0 Å². The van der Waals surface area contributed by atoms with Gasteiger partial charge in [-0.2, -0.15) is 4.73 Å². The number of aromatic nitrogens is 2. The van der Waals surface area contributed by atoms with E-state index >= 15 is 0 Å². The molecule has 0 saturated heterocycles. The average Bonchev–Trinajstić information content (AvgIpc) is 2.63. The molecule has 1 aromatic rings. The molecular weight excluding hydrogens is 176 g/mol. The van der Waals surface area contributed by atoms with Crippen LogP contribution in [0.4, 0.5) is 0 Å². The third kappa shape index (κ3) is 2.28. The van der Waals surface area contributed by atoms with Crippen molar-refractivity contribution in [3.63, 3.8) is 0 Å². The van der Waals surface area contributed by atoms with Crippen molar-refractivity contribution in [3.8, 4) is 0 Å². The van der Waals surface area contributed by atoms with Crippen molar-refractivity contribution in [3.05, 3.63) is 18.2 Å². The zero-order valence-electron chi connectivity index (χ0n) is 8.78. The fraction of sp³-hybridized carbons (Fsp3) is 0.727. The van der Waals surface area contributed by atoms with E-state index in [1.54, 1.807) is 10.9 Å². The molecule has 0 unspecified atom stereocenters. The Morgan fingerprint density at radius 3 is 2.86 bits per heavy atom. The second-order valence-electron chi connectivity index (χ2n) is 4.10. The van der Waals surface area contributed by atoms with Gasteiger partial charge in [0.1, 0.15) is 12.4 Å². The van der Waals surface area contributed by atoms with Gasteiger partial charge in [-0.25, -0.2) is 4.98 Å². The standard InChI is InChI=1S/C11H18N2O/c1-10-12-7-8-13(10)14-9-11-5-3-2-4-6-11/h7-8,11H,2-6,9H2,1H3. The van der Waals surface area contributed by atoms with Crippen molar-refractivity contribution in [2.45, 2.75) is 39.0 Å². The fourth-order valence-electron chi connectivity index (χ4n) is 2.04. The van der Waals surface area contributed by atoms with Gasteiger partial charge >= 0.3 is 0 Å². The number of rotatable bonds is 3. The van der Waals surface area contributed by atoms with Crippen LogP contribution < -0.4 is 4.84 Å². The molecular formula is C11H18N2O. The zero-order valence-corrected chi connectivity index (χ0v) is 8.78. The molecule has 0 radical (unpaired) electrons. The molecule has 1 aliphatic rings. The Morgan fingerprint density at radius 2 is 2.21 bits per heavy atom. The van der Waals surface area contributed by atoms with Gasteiger partial charge in [-0.1, -0.05) is 19.3 Å². The maximum Gasteiger partial charge on any atom is 0.141 e. The van der Waals surface area contributed by atoms with Crippen LogP contribution in [0.15, 0.2) is 12.4 Å². The van der Waals surface area contributed by atoms with E-state index in [0.717, 1.165) is 18.3 Å². The van der Waals surface area contributed by atoms with Crippen molar-refractivity contribution >= 4 is 0 Å². The molecule has 0 amide bonds. The van der Waals surface area contributed by atoms with Crippen LogP contribution in [0.1, 0.15) is 37.9 Å². The largest absolute Gasteiger partial charge is 0.412 e. The summed E-state index contributed by atoms with van der Waals surface area (Å²) in [5.41, 5.74) is 0. The van der Waals surface area contributed by atoms with E-state index in [1.165, 1.54) is 32.1 Å². The van der Waals surface area contributed by atoms with Crippen LogP contribution in [-0.2, 0) is 0 Å². The van der Waals surface area contributed by atoms with Crippen LogP contribution in [0.25, 0.3) is 0 Å². The van der Waals surface area contributed by atoms with E-state index in [4.69, 9.17) is 4.84 Å². The Labute approximate surface area is 85.1 Å². The van der Waals surface area contributed by atoms with E-state index in [2.05, 4.69) is 4.98 Å². The number of hydrogen-bond acceptors (Lipinski definition) is 2. The minimum Gasteiger partial charge on any atom is -0.412 e. The molecule has 1 saturated carbocycles. The molecule has 1 heterocycles. The SMILES string of the molecule is Cc1nccn1OCC1CCCCC1. The van der Waals surface area contributed by atoms with Crippen LogP contribution >= 0.6 is 0 Å². The van der Waals surface area contributed by atoms with Gasteiger partial charge < -0.3 is 4.84 Å². The first-order chi connectivity index (χ1) is 6.86. The van der Waals surface area contributed by atoms with Crippen LogP contribution in [0.3, 0.4) is 0 Å². The summed E-state index contributed by atoms with van der Waals surface area (Å²) < 4.78 is 1.77. The van der Waals surface area contributed by atoms with E-state index in [9.17, 15) is 0 Å². The highest BCUT2D eigenvalue weighted by molar-refractivity contribution is 4.85. The molecule has 0 atom stereocenters. The molecule has 78 valence electrons. The first-order valence-electron chi connectivity index (χ1n) is 5.49. The minimum atomic E-state index is 0.755. The lowest BCUT2D eigenvalue weighted by Crippen LogP contribution is -2.22. The summed E-state index contributed by atoms with van der Waals surface area (Å²) in [4.78, 5) is 9.79. The molecule has 3 nitrogen and oxygen atoms in total. The highest BCUT2D eigenvalue weighted by Crippen LogP contribution is 2.23. The quantitative estimate of drug-likeness (QED) is 0.737. The molecule has 0 aromatic carbocycles. The van der Waals surface area contributed by atoms with Gasteiger partial charge in [0.05, 0.1) is 6.20 Å². The van der Waals surface area contributed by atoms with Gasteiger partial charge in [-0.15, -0.1) is 0 Å². The molecule has 0 aliphatic heterocycles. The maximum atomic E-state index is 5.67. The molecule has 14 heavy (non-hydrogen) atoms. The Kier molecular flexibility index (Phi) is 3.07. The second kappa shape index (κ2) is 4.49. The predicted octanol–water partition coefficient (Wildman–Crippen LogP) is 2.20. The summed E-state index contributed by atoms with van der Waals surface area (Å²) in [7, 11) is 0. The summed E-state index contributed by atoms with van der Waals surface area (Å²) in [5, 5.41) is 0. The molecule has 1 fully saturated rings. The smallest absolute Gasteiger partial charge is 0.141 e. The van der Waals surface area contributed by atoms with Gasteiger partial charge in [-0.05, 0) is 25.7 Å². The number of hydrogen-bond donors (Lipinski definition) is 0. The molecule has 3 heteroatoms. The van der Waals surface area contributed by atoms with Gasteiger partial charge in [0.25, 0.3) is 0 Å². The number of aryl methyl sites for hydroxylation is 1. The van der Waals surface area contributed by atoms with Gasteiger partial charge in [0, 0.05) is 6.20 Å². The van der Waals surface area contributed by atoms with Crippen molar-refractivity contribution in [2.75, 3.05) is 6.61 Å². The maximum absolute atomic E-state index is 5.67. The molecule has 1 aliphatic carbocycles. The van der Waals surface area contributed by atoms with Crippen LogP contribution in [0, 0.1) is 12.8 Å². The zero-order chi connectivity index (χ0) is 9.80. The van der Waals surface area contributed by atoms with Crippen molar-refractivity contribution in [1.82, 2.24) is 9.71 Å². The first kappa shape index (κ1) is 9.56. The summed E-state index contributed by atoms with van der Waals surface area (Å²) in [6.45, 7) is 2.80. The normalized spacial score (nSPS) is 18.4. The Bertz CT molecular complexity index is 277. The minimum absolute atomic E-state index is 0.755. The number of nitrogens with zero attached hydrogens (tertiary/aromatic N) is 2. The Balaban J connectivity index is 1.79. The van der Waals surface area contributed by atoms with Gasteiger partial charge in [0.15, 0.2) is 0 Å².